The first-order valence-electron chi connectivity index (χ1n) is 2.83. The number of nitrogens with one attached hydrogen (secondary N) is 1. The quantitative estimate of drug-likeness (QED) is 0.252. The average molecular weight is 177 g/mol. The van der Waals surface area contributed by atoms with Crippen LogP contribution in [0.25, 0.3) is 0 Å². The molecule has 0 aliphatic heterocycles. The van der Waals surface area contributed by atoms with Gasteiger partial charge in [-0.15, -0.1) is 0 Å². The van der Waals surface area contributed by atoms with Gasteiger partial charge in [-0.3, -0.25) is 4.55 Å². The first-order valence-corrected chi connectivity index (χ1v) is 4.44. The molecular weight excluding hydrogens is 165 g/mol. The molecule has 0 saturated heterocycles. The van der Waals surface area contributed by atoms with Gasteiger partial charge in [-0.25, -0.2) is 0 Å². The summed E-state index contributed by atoms with van der Waals surface area (Å²) in [4.78, 5) is 0. The summed E-state index contributed by atoms with van der Waals surface area (Å²) in [6.45, 7) is 0.473. The van der Waals surface area contributed by atoms with Gasteiger partial charge in [0.1, 0.15) is 0 Å². The summed E-state index contributed by atoms with van der Waals surface area (Å²) < 4.78 is 28.3. The molecule has 0 radical (unpaired) electrons. The van der Waals surface area contributed by atoms with Gasteiger partial charge in [0.15, 0.2) is 0 Å². The van der Waals surface area contributed by atoms with Gasteiger partial charge in [0.2, 0.25) is 0 Å². The summed E-state index contributed by atoms with van der Waals surface area (Å²) in [6.07, 6.45) is 0. The monoisotopic (exact) mass is 177 g/mol. The molecule has 0 heterocycles. The van der Waals surface area contributed by atoms with Crippen LogP contribution in [-0.4, -0.2) is 62.4 Å². The van der Waals surface area contributed by atoms with Crippen LogP contribution in [0.1, 0.15) is 0 Å². The van der Waals surface area contributed by atoms with Crippen LogP contribution in [0.15, 0.2) is 0 Å². The Bertz CT molecular complexity index is 169. The van der Waals surface area contributed by atoms with Crippen molar-refractivity contribution in [2.45, 2.75) is 0 Å². The Hall–Kier alpha value is 0.427. The molecule has 0 unspecified atom stereocenters. The van der Waals surface area contributed by atoms with E-state index in [4.69, 9.17) is 9.66 Å². The maximum atomic E-state index is 10.0. The molecule has 0 aliphatic carbocycles. The second kappa shape index (κ2) is 7.10. The molecule has 64 valence electrons. The molecule has 11 heavy (non-hydrogen) atoms. The van der Waals surface area contributed by atoms with E-state index < -0.39 is 10.1 Å². The molecule has 0 atom stereocenters. The van der Waals surface area contributed by atoms with Crippen LogP contribution in [0.4, 0.5) is 0 Å². The van der Waals surface area contributed by atoms with E-state index >= 15 is 0 Å². The van der Waals surface area contributed by atoms with Crippen LogP contribution in [0.2, 0.25) is 0 Å². The Morgan fingerprint density at radius 2 is 1.82 bits per heavy atom. The Kier molecular flexibility index (Phi) is 9.02. The van der Waals surface area contributed by atoms with Crippen molar-refractivity contribution in [2.75, 3.05) is 25.4 Å². The predicted octanol–water partition coefficient (Wildman–Crippen LogP) is -2.19. The van der Waals surface area contributed by atoms with Gasteiger partial charge in [0.25, 0.3) is 10.1 Å². The zero-order chi connectivity index (χ0) is 8.04. The van der Waals surface area contributed by atoms with Crippen molar-refractivity contribution >= 4 is 29.0 Å². The van der Waals surface area contributed by atoms with Crippen molar-refractivity contribution in [3.05, 3.63) is 0 Å². The minimum absolute atomic E-state index is 0. The van der Waals surface area contributed by atoms with Gasteiger partial charge in [0, 0.05) is 13.1 Å². The van der Waals surface area contributed by atoms with Crippen molar-refractivity contribution in [3.8, 4) is 0 Å². The standard InChI is InChI=1S/C4H11NO4S.Li.H/c6-3-1-5-2-4-10(7,8)9;;/h5-6H,1-4H2,(H,7,8,9);;. The third kappa shape index (κ3) is 13.4. The Morgan fingerprint density at radius 3 is 2.18 bits per heavy atom. The van der Waals surface area contributed by atoms with Gasteiger partial charge >= 0.3 is 18.9 Å². The van der Waals surface area contributed by atoms with Crippen molar-refractivity contribution in [1.82, 2.24) is 5.32 Å². The van der Waals surface area contributed by atoms with E-state index in [1.807, 2.05) is 0 Å². The van der Waals surface area contributed by atoms with E-state index in [-0.39, 0.29) is 37.8 Å². The number of aliphatic hydroxyl groups is 1. The van der Waals surface area contributed by atoms with Gasteiger partial charge in [-0.1, -0.05) is 0 Å². The van der Waals surface area contributed by atoms with E-state index in [0.717, 1.165) is 0 Å². The van der Waals surface area contributed by atoms with E-state index in [9.17, 15) is 8.42 Å². The molecule has 0 saturated carbocycles. The van der Waals surface area contributed by atoms with Crippen molar-refractivity contribution in [3.63, 3.8) is 0 Å². The third-order valence-electron chi connectivity index (χ3n) is 0.825. The van der Waals surface area contributed by atoms with E-state index in [1.54, 1.807) is 0 Å². The maximum absolute atomic E-state index is 10.0. The molecule has 0 fully saturated rings. The van der Waals surface area contributed by atoms with Crippen LogP contribution >= 0.6 is 0 Å². The van der Waals surface area contributed by atoms with Crippen molar-refractivity contribution < 1.29 is 18.1 Å². The van der Waals surface area contributed by atoms with E-state index in [2.05, 4.69) is 5.32 Å². The molecule has 0 spiro atoms. The second-order valence-corrected chi connectivity index (χ2v) is 3.33. The summed E-state index contributed by atoms with van der Waals surface area (Å²) in [5.41, 5.74) is 0. The molecule has 7 heteroatoms. The second-order valence-electron chi connectivity index (χ2n) is 1.76. The SMILES string of the molecule is O=S(=O)(O)CCNCCO.[LiH]. The average Bonchev–Trinajstić information content (AvgIpc) is 1.78. The van der Waals surface area contributed by atoms with Crippen LogP contribution in [0, 0.1) is 0 Å². The van der Waals surface area contributed by atoms with E-state index in [1.165, 1.54) is 0 Å². The summed E-state index contributed by atoms with van der Waals surface area (Å²) in [7, 11) is -3.85. The summed E-state index contributed by atoms with van der Waals surface area (Å²) in [5.74, 6) is -0.312. The van der Waals surface area contributed by atoms with E-state index in [0.29, 0.717) is 6.54 Å². The molecule has 5 nitrogen and oxygen atoms in total. The normalized spacial score (nSPS) is 10.7. The van der Waals surface area contributed by atoms with Crippen molar-refractivity contribution in [1.29, 1.82) is 0 Å². The fraction of sp³-hybridized carbons (Fsp3) is 1.00. The molecular formula is C4H12LiNO4S. The van der Waals surface area contributed by atoms with Crippen LogP contribution < -0.4 is 5.32 Å². The number of rotatable bonds is 5. The molecule has 0 rings (SSSR count). The van der Waals surface area contributed by atoms with Gasteiger partial charge in [0.05, 0.1) is 12.4 Å². The zero-order valence-corrected chi connectivity index (χ0v) is 6.26. The summed E-state index contributed by atoms with van der Waals surface area (Å²) in [5, 5.41) is 10.8. The van der Waals surface area contributed by atoms with Gasteiger partial charge in [-0.2, -0.15) is 8.42 Å². The van der Waals surface area contributed by atoms with Gasteiger partial charge in [-0.05, 0) is 0 Å². The fourth-order valence-electron chi connectivity index (χ4n) is 0.405. The van der Waals surface area contributed by atoms with Crippen LogP contribution in [-0.2, 0) is 10.1 Å². The van der Waals surface area contributed by atoms with Crippen LogP contribution in [0.5, 0.6) is 0 Å². The minimum atomic E-state index is -3.85. The number of aliphatic hydroxyl groups excluding tert-OH is 1. The molecule has 0 aromatic carbocycles. The summed E-state index contributed by atoms with van der Waals surface area (Å²) >= 11 is 0. The van der Waals surface area contributed by atoms with Crippen LogP contribution in [0.3, 0.4) is 0 Å². The Morgan fingerprint density at radius 1 is 1.27 bits per heavy atom. The predicted molar refractivity (Wildman–Crippen MR) is 43.5 cm³/mol. The summed E-state index contributed by atoms with van der Waals surface area (Å²) in [6, 6.07) is 0. The fourth-order valence-corrected chi connectivity index (χ4v) is 0.807. The molecule has 0 bridgehead atoms. The number of hydrogen-bond acceptors (Lipinski definition) is 4. The molecule has 3 N–H and O–H groups in total. The zero-order valence-electron chi connectivity index (χ0n) is 5.45. The first-order chi connectivity index (χ1) is 4.56. The molecule has 0 aromatic heterocycles. The molecule has 0 amide bonds. The molecule has 0 aliphatic rings. The Labute approximate surface area is 78.1 Å². The Balaban J connectivity index is 0. The third-order valence-corrected chi connectivity index (χ3v) is 1.55. The van der Waals surface area contributed by atoms with Gasteiger partial charge < -0.3 is 10.4 Å². The van der Waals surface area contributed by atoms with Crippen molar-refractivity contribution in [2.24, 2.45) is 0 Å². The topological polar surface area (TPSA) is 86.6 Å². The molecule has 0 aromatic rings. The first kappa shape index (κ1) is 14.0. The number of hydrogen-bond donors (Lipinski definition) is 3.